The summed E-state index contributed by atoms with van der Waals surface area (Å²) < 4.78 is 5.09. The quantitative estimate of drug-likeness (QED) is 0.673. The highest BCUT2D eigenvalue weighted by atomic mass is 35.5. The largest absolute Gasteiger partial charge is 0.481 e. The Hall–Kier alpha value is -3.39. The molecular weight excluding hydrogens is 404 g/mol. The summed E-state index contributed by atoms with van der Waals surface area (Å²) >= 11 is 6.19. The maximum atomic E-state index is 13.2. The third-order valence-corrected chi connectivity index (χ3v) is 5.07. The Morgan fingerprint density at radius 3 is 2.50 bits per heavy atom. The van der Waals surface area contributed by atoms with Crippen LogP contribution in [0.5, 0.6) is 5.88 Å². The van der Waals surface area contributed by atoms with Gasteiger partial charge in [0.2, 0.25) is 11.8 Å². The fourth-order valence-electron chi connectivity index (χ4n) is 3.27. The molecule has 8 nitrogen and oxygen atoms in total. The molecular formula is C21H21ClN6O2. The number of piperazine rings is 1. The number of methoxy groups -OCH3 is 1. The number of hydrogen-bond acceptors (Lipinski definition) is 7. The molecule has 0 atom stereocenters. The third kappa shape index (κ3) is 4.44. The highest BCUT2D eigenvalue weighted by molar-refractivity contribution is 6.31. The van der Waals surface area contributed by atoms with Gasteiger partial charge in [0.25, 0.3) is 5.91 Å². The second-order valence-electron chi connectivity index (χ2n) is 6.73. The second-order valence-corrected chi connectivity index (χ2v) is 7.17. The standard InChI is InChI=1S/C21H21ClN6O2/c1-30-19-6-4-16(14-25-19)26-18-13-15(22)3-5-17(18)20(29)27-9-11-28(12-10-27)21-23-7-2-8-24-21/h2-8,13-14,26H,9-12H2,1H3. The van der Waals surface area contributed by atoms with E-state index in [0.717, 1.165) is 5.69 Å². The number of aromatic nitrogens is 3. The lowest BCUT2D eigenvalue weighted by molar-refractivity contribution is 0.0747. The summed E-state index contributed by atoms with van der Waals surface area (Å²) in [6.07, 6.45) is 5.09. The number of benzene rings is 1. The smallest absolute Gasteiger partial charge is 0.256 e. The van der Waals surface area contributed by atoms with Crippen LogP contribution >= 0.6 is 11.6 Å². The Kier molecular flexibility index (Phi) is 5.94. The topological polar surface area (TPSA) is 83.5 Å². The van der Waals surface area contributed by atoms with Gasteiger partial charge in [0.1, 0.15) is 0 Å². The molecule has 0 spiro atoms. The van der Waals surface area contributed by atoms with Crippen molar-refractivity contribution in [3.05, 3.63) is 65.6 Å². The number of hydrogen-bond donors (Lipinski definition) is 1. The first-order chi connectivity index (χ1) is 14.6. The molecule has 30 heavy (non-hydrogen) atoms. The maximum absolute atomic E-state index is 13.2. The minimum Gasteiger partial charge on any atom is -0.481 e. The molecule has 3 heterocycles. The van der Waals surface area contributed by atoms with Gasteiger partial charge in [-0.15, -0.1) is 0 Å². The molecule has 154 valence electrons. The number of carbonyl (C=O) groups is 1. The SMILES string of the molecule is COc1ccc(Nc2cc(Cl)ccc2C(=O)N2CCN(c3ncccn3)CC2)cn1. The summed E-state index contributed by atoms with van der Waals surface area (Å²) in [5.74, 6) is 1.15. The van der Waals surface area contributed by atoms with Gasteiger partial charge in [-0.05, 0) is 30.3 Å². The molecule has 1 fully saturated rings. The number of nitrogens with one attached hydrogen (secondary N) is 1. The average Bonchev–Trinajstić information content (AvgIpc) is 2.80. The summed E-state index contributed by atoms with van der Waals surface area (Å²) in [5.41, 5.74) is 1.92. The highest BCUT2D eigenvalue weighted by Gasteiger charge is 2.25. The van der Waals surface area contributed by atoms with Crippen molar-refractivity contribution >= 4 is 34.8 Å². The fraction of sp³-hybridized carbons (Fsp3) is 0.238. The van der Waals surface area contributed by atoms with E-state index in [-0.39, 0.29) is 5.91 Å². The zero-order chi connectivity index (χ0) is 20.9. The van der Waals surface area contributed by atoms with Crippen LogP contribution in [-0.2, 0) is 0 Å². The molecule has 0 saturated carbocycles. The molecule has 1 amide bonds. The van der Waals surface area contributed by atoms with E-state index >= 15 is 0 Å². The highest BCUT2D eigenvalue weighted by Crippen LogP contribution is 2.27. The van der Waals surface area contributed by atoms with E-state index in [2.05, 4.69) is 25.2 Å². The first-order valence-electron chi connectivity index (χ1n) is 9.52. The van der Waals surface area contributed by atoms with Crippen LogP contribution in [0.15, 0.2) is 55.0 Å². The molecule has 0 unspecified atom stereocenters. The lowest BCUT2D eigenvalue weighted by atomic mass is 10.1. The van der Waals surface area contributed by atoms with Gasteiger partial charge in [0, 0.05) is 49.7 Å². The van der Waals surface area contributed by atoms with E-state index in [9.17, 15) is 4.79 Å². The first kappa shape index (κ1) is 19.9. The van der Waals surface area contributed by atoms with E-state index in [0.29, 0.717) is 54.3 Å². The second kappa shape index (κ2) is 8.96. The van der Waals surface area contributed by atoms with Crippen molar-refractivity contribution in [2.24, 2.45) is 0 Å². The molecule has 2 aromatic heterocycles. The van der Waals surface area contributed by atoms with Crippen LogP contribution in [0.3, 0.4) is 0 Å². The molecule has 1 N–H and O–H groups in total. The van der Waals surface area contributed by atoms with Crippen LogP contribution in [0.2, 0.25) is 5.02 Å². The molecule has 0 bridgehead atoms. The first-order valence-corrected chi connectivity index (χ1v) is 9.90. The number of ether oxygens (including phenoxy) is 1. The summed E-state index contributed by atoms with van der Waals surface area (Å²) in [6, 6.07) is 10.6. The van der Waals surface area contributed by atoms with Gasteiger partial charge in [-0.3, -0.25) is 4.79 Å². The van der Waals surface area contributed by atoms with Crippen LogP contribution in [-0.4, -0.2) is 59.0 Å². The molecule has 4 rings (SSSR count). The number of pyridine rings is 1. The van der Waals surface area contributed by atoms with Crippen LogP contribution in [0, 0.1) is 0 Å². The number of amides is 1. The van der Waals surface area contributed by atoms with E-state index in [4.69, 9.17) is 16.3 Å². The summed E-state index contributed by atoms with van der Waals surface area (Å²) in [5, 5.41) is 3.78. The summed E-state index contributed by atoms with van der Waals surface area (Å²) in [4.78, 5) is 29.9. The number of carbonyl (C=O) groups excluding carboxylic acids is 1. The number of anilines is 3. The Morgan fingerprint density at radius 1 is 1.07 bits per heavy atom. The molecule has 0 radical (unpaired) electrons. The van der Waals surface area contributed by atoms with Gasteiger partial charge in [-0.25, -0.2) is 15.0 Å². The molecule has 3 aromatic rings. The Morgan fingerprint density at radius 2 is 1.83 bits per heavy atom. The van der Waals surface area contributed by atoms with E-state index < -0.39 is 0 Å². The monoisotopic (exact) mass is 424 g/mol. The van der Waals surface area contributed by atoms with Crippen molar-refractivity contribution < 1.29 is 9.53 Å². The average molecular weight is 425 g/mol. The van der Waals surface area contributed by atoms with Gasteiger partial charge in [0.05, 0.1) is 30.2 Å². The Balaban J connectivity index is 1.48. The van der Waals surface area contributed by atoms with Crippen molar-refractivity contribution in [3.63, 3.8) is 0 Å². The number of halogens is 1. The predicted octanol–water partition coefficient (Wildman–Crippen LogP) is 3.24. The Bertz CT molecular complexity index is 1010. The zero-order valence-corrected chi connectivity index (χ0v) is 17.2. The van der Waals surface area contributed by atoms with E-state index in [1.165, 1.54) is 0 Å². The maximum Gasteiger partial charge on any atom is 0.256 e. The number of rotatable bonds is 5. The molecule has 1 aliphatic heterocycles. The van der Waals surface area contributed by atoms with Gasteiger partial charge in [0.15, 0.2) is 0 Å². The fourth-order valence-corrected chi connectivity index (χ4v) is 3.44. The molecule has 0 aliphatic carbocycles. The lowest BCUT2D eigenvalue weighted by Crippen LogP contribution is -2.49. The van der Waals surface area contributed by atoms with Crippen molar-refractivity contribution in [1.29, 1.82) is 0 Å². The van der Waals surface area contributed by atoms with E-state index in [1.54, 1.807) is 56.0 Å². The van der Waals surface area contributed by atoms with Crippen LogP contribution in [0.1, 0.15) is 10.4 Å². The summed E-state index contributed by atoms with van der Waals surface area (Å²) in [6.45, 7) is 2.52. The van der Waals surface area contributed by atoms with Crippen molar-refractivity contribution in [2.45, 2.75) is 0 Å². The minimum absolute atomic E-state index is 0.0516. The van der Waals surface area contributed by atoms with E-state index in [1.807, 2.05) is 11.0 Å². The number of nitrogens with zero attached hydrogens (tertiary/aromatic N) is 5. The Labute approximate surface area is 179 Å². The molecule has 9 heteroatoms. The van der Waals surface area contributed by atoms with Gasteiger partial charge < -0.3 is 19.9 Å². The van der Waals surface area contributed by atoms with Crippen molar-refractivity contribution in [1.82, 2.24) is 19.9 Å². The van der Waals surface area contributed by atoms with Crippen molar-refractivity contribution in [2.75, 3.05) is 43.5 Å². The van der Waals surface area contributed by atoms with Crippen LogP contribution in [0.25, 0.3) is 0 Å². The third-order valence-electron chi connectivity index (χ3n) is 4.84. The summed E-state index contributed by atoms with van der Waals surface area (Å²) in [7, 11) is 1.56. The van der Waals surface area contributed by atoms with Crippen LogP contribution in [0.4, 0.5) is 17.3 Å². The normalized spacial score (nSPS) is 13.8. The van der Waals surface area contributed by atoms with Gasteiger partial charge in [-0.1, -0.05) is 11.6 Å². The zero-order valence-electron chi connectivity index (χ0n) is 16.5. The minimum atomic E-state index is -0.0516. The van der Waals surface area contributed by atoms with Crippen LogP contribution < -0.4 is 15.0 Å². The molecule has 1 aliphatic rings. The molecule has 1 aromatic carbocycles. The van der Waals surface area contributed by atoms with Gasteiger partial charge in [-0.2, -0.15) is 0 Å². The van der Waals surface area contributed by atoms with Gasteiger partial charge >= 0.3 is 0 Å². The molecule has 1 saturated heterocycles. The lowest BCUT2D eigenvalue weighted by Gasteiger charge is -2.35. The van der Waals surface area contributed by atoms with Crippen molar-refractivity contribution in [3.8, 4) is 5.88 Å². The predicted molar refractivity (Wildman–Crippen MR) is 116 cm³/mol.